The molecule has 11 heteroatoms. The standard InChI is InChI=1S/C23H18F3N3O5/c24-23(25,26)14-7-5-13(6-8-14)19(31)27-11-12-4-9-15-16(10-12)22(34)29(21(15)33)17-2-1-3-18(30)28-20(17)32/h4-10,17H,1-3,11H2,(H,27,31)(H,28,30,32). The van der Waals surface area contributed by atoms with Crippen LogP contribution in [0.25, 0.3) is 0 Å². The van der Waals surface area contributed by atoms with Gasteiger partial charge in [0, 0.05) is 18.5 Å². The van der Waals surface area contributed by atoms with Crippen LogP contribution in [0, 0.1) is 0 Å². The molecule has 2 aliphatic rings. The molecule has 0 aromatic heterocycles. The lowest BCUT2D eigenvalue weighted by molar-refractivity contribution is -0.137. The molecule has 2 aromatic carbocycles. The van der Waals surface area contributed by atoms with Gasteiger partial charge in [0.15, 0.2) is 0 Å². The fraction of sp³-hybridized carbons (Fsp3) is 0.261. The molecule has 1 atom stereocenters. The van der Waals surface area contributed by atoms with E-state index < -0.39 is 47.3 Å². The molecule has 5 amide bonds. The van der Waals surface area contributed by atoms with E-state index in [-0.39, 0.29) is 36.1 Å². The van der Waals surface area contributed by atoms with E-state index in [1.807, 2.05) is 0 Å². The highest BCUT2D eigenvalue weighted by atomic mass is 19.4. The number of halogens is 3. The Morgan fingerprint density at radius 1 is 1.00 bits per heavy atom. The van der Waals surface area contributed by atoms with E-state index in [0.717, 1.165) is 29.2 Å². The number of carbonyl (C=O) groups is 5. The second-order valence-electron chi connectivity index (χ2n) is 7.94. The minimum Gasteiger partial charge on any atom is -0.348 e. The zero-order chi connectivity index (χ0) is 24.6. The van der Waals surface area contributed by atoms with Gasteiger partial charge in [-0.2, -0.15) is 13.2 Å². The van der Waals surface area contributed by atoms with Crippen LogP contribution in [-0.4, -0.2) is 40.5 Å². The van der Waals surface area contributed by atoms with Gasteiger partial charge in [0.1, 0.15) is 6.04 Å². The first-order valence-electron chi connectivity index (χ1n) is 10.4. The summed E-state index contributed by atoms with van der Waals surface area (Å²) in [5.74, 6) is -3.10. The van der Waals surface area contributed by atoms with Crippen molar-refractivity contribution in [3.63, 3.8) is 0 Å². The lowest BCUT2D eigenvalue weighted by atomic mass is 10.1. The molecule has 0 bridgehead atoms. The van der Waals surface area contributed by atoms with E-state index in [2.05, 4.69) is 10.6 Å². The van der Waals surface area contributed by atoms with Crippen molar-refractivity contribution in [2.24, 2.45) is 0 Å². The molecular formula is C23H18F3N3O5. The molecule has 0 aliphatic carbocycles. The van der Waals surface area contributed by atoms with Crippen molar-refractivity contribution in [2.75, 3.05) is 0 Å². The number of alkyl halides is 3. The number of hydrogen-bond acceptors (Lipinski definition) is 5. The Kier molecular flexibility index (Phi) is 5.94. The molecule has 34 heavy (non-hydrogen) atoms. The Morgan fingerprint density at radius 2 is 1.68 bits per heavy atom. The summed E-state index contributed by atoms with van der Waals surface area (Å²) in [7, 11) is 0. The summed E-state index contributed by atoms with van der Waals surface area (Å²) >= 11 is 0. The Hall–Kier alpha value is -4.02. The molecule has 4 rings (SSSR count). The van der Waals surface area contributed by atoms with Crippen LogP contribution in [0.2, 0.25) is 0 Å². The van der Waals surface area contributed by atoms with Gasteiger partial charge in [-0.25, -0.2) is 0 Å². The topological polar surface area (TPSA) is 113 Å². The van der Waals surface area contributed by atoms with Crippen LogP contribution in [0.1, 0.15) is 61.5 Å². The van der Waals surface area contributed by atoms with Crippen LogP contribution in [0.3, 0.4) is 0 Å². The summed E-state index contributed by atoms with van der Waals surface area (Å²) in [5, 5.41) is 4.73. The first-order valence-corrected chi connectivity index (χ1v) is 10.4. The highest BCUT2D eigenvalue weighted by Crippen LogP contribution is 2.30. The van der Waals surface area contributed by atoms with E-state index in [0.29, 0.717) is 12.0 Å². The third-order valence-electron chi connectivity index (χ3n) is 5.67. The van der Waals surface area contributed by atoms with Crippen molar-refractivity contribution >= 4 is 29.5 Å². The highest BCUT2D eigenvalue weighted by molar-refractivity contribution is 6.23. The average molecular weight is 473 g/mol. The minimum absolute atomic E-state index is 0.0283. The Balaban J connectivity index is 1.46. The zero-order valence-electron chi connectivity index (χ0n) is 17.6. The highest BCUT2D eigenvalue weighted by Gasteiger charge is 2.43. The molecule has 176 valence electrons. The predicted molar refractivity (Wildman–Crippen MR) is 110 cm³/mol. The van der Waals surface area contributed by atoms with Crippen LogP contribution >= 0.6 is 0 Å². The third kappa shape index (κ3) is 4.41. The first-order chi connectivity index (χ1) is 16.1. The summed E-state index contributed by atoms with van der Waals surface area (Å²) < 4.78 is 38.0. The van der Waals surface area contributed by atoms with Crippen molar-refractivity contribution in [3.05, 3.63) is 70.3 Å². The number of carbonyl (C=O) groups excluding carboxylic acids is 5. The number of imide groups is 2. The van der Waals surface area contributed by atoms with E-state index >= 15 is 0 Å². The van der Waals surface area contributed by atoms with Crippen molar-refractivity contribution in [3.8, 4) is 0 Å². The minimum atomic E-state index is -4.51. The average Bonchev–Trinajstić information content (AvgIpc) is 2.91. The molecule has 1 fully saturated rings. The molecule has 0 saturated carbocycles. The monoisotopic (exact) mass is 473 g/mol. The lowest BCUT2D eigenvalue weighted by Crippen LogP contribution is -2.49. The fourth-order valence-electron chi connectivity index (χ4n) is 3.91. The molecule has 2 aliphatic heterocycles. The molecule has 0 spiro atoms. The molecule has 2 aromatic rings. The van der Waals surface area contributed by atoms with E-state index in [9.17, 15) is 37.1 Å². The summed E-state index contributed by atoms with van der Waals surface area (Å²) in [6.45, 7) is -0.0486. The van der Waals surface area contributed by atoms with Crippen molar-refractivity contribution in [1.29, 1.82) is 0 Å². The van der Waals surface area contributed by atoms with Gasteiger partial charge in [0.25, 0.3) is 17.7 Å². The molecule has 1 unspecified atom stereocenters. The third-order valence-corrected chi connectivity index (χ3v) is 5.67. The summed E-state index contributed by atoms with van der Waals surface area (Å²) in [4.78, 5) is 62.8. The summed E-state index contributed by atoms with van der Waals surface area (Å²) in [6, 6.07) is 6.99. The molecule has 0 radical (unpaired) electrons. The smallest absolute Gasteiger partial charge is 0.348 e. The molecule has 8 nitrogen and oxygen atoms in total. The maximum Gasteiger partial charge on any atom is 0.416 e. The van der Waals surface area contributed by atoms with Crippen molar-refractivity contribution < 1.29 is 37.1 Å². The quantitative estimate of drug-likeness (QED) is 0.663. The van der Waals surface area contributed by atoms with Crippen LogP contribution in [0.15, 0.2) is 42.5 Å². The number of hydrogen-bond donors (Lipinski definition) is 2. The largest absolute Gasteiger partial charge is 0.416 e. The van der Waals surface area contributed by atoms with Gasteiger partial charge in [0.05, 0.1) is 16.7 Å². The van der Waals surface area contributed by atoms with Gasteiger partial charge in [-0.3, -0.25) is 34.2 Å². The Labute approximate surface area is 191 Å². The lowest BCUT2D eigenvalue weighted by Gasteiger charge is -2.22. The Bertz CT molecular complexity index is 1210. The molecule has 1 saturated heterocycles. The maximum absolute atomic E-state index is 12.9. The number of fused-ring (bicyclic) bond motifs is 1. The molecule has 2 heterocycles. The fourth-order valence-corrected chi connectivity index (χ4v) is 3.91. The van der Waals surface area contributed by atoms with E-state index in [1.165, 1.54) is 18.2 Å². The predicted octanol–water partition coefficient (Wildman–Crippen LogP) is 2.43. The van der Waals surface area contributed by atoms with Gasteiger partial charge in [-0.1, -0.05) is 6.07 Å². The number of nitrogens with zero attached hydrogens (tertiary/aromatic N) is 1. The zero-order valence-corrected chi connectivity index (χ0v) is 17.6. The second-order valence-corrected chi connectivity index (χ2v) is 7.94. The number of rotatable bonds is 4. The van der Waals surface area contributed by atoms with Crippen molar-refractivity contribution in [2.45, 2.75) is 38.0 Å². The summed E-state index contributed by atoms with van der Waals surface area (Å²) in [6.07, 6.45) is -3.88. The van der Waals surface area contributed by atoms with Gasteiger partial charge in [0.2, 0.25) is 11.8 Å². The number of amides is 5. The van der Waals surface area contributed by atoms with Gasteiger partial charge >= 0.3 is 6.18 Å². The summed E-state index contributed by atoms with van der Waals surface area (Å²) in [5.41, 5.74) is -0.203. The van der Waals surface area contributed by atoms with Crippen LogP contribution in [0.4, 0.5) is 13.2 Å². The second kappa shape index (κ2) is 8.73. The van der Waals surface area contributed by atoms with Gasteiger partial charge < -0.3 is 5.32 Å². The SMILES string of the molecule is O=C1CCCC(N2C(=O)c3ccc(CNC(=O)c4ccc(C(F)(F)F)cc4)cc3C2=O)C(=O)N1. The number of nitrogens with one attached hydrogen (secondary N) is 2. The van der Waals surface area contributed by atoms with Crippen molar-refractivity contribution in [1.82, 2.24) is 15.5 Å². The maximum atomic E-state index is 12.9. The van der Waals surface area contributed by atoms with Gasteiger partial charge in [-0.05, 0) is 54.8 Å². The Morgan fingerprint density at radius 3 is 2.35 bits per heavy atom. The van der Waals surface area contributed by atoms with Gasteiger partial charge in [-0.15, -0.1) is 0 Å². The van der Waals surface area contributed by atoms with Crippen LogP contribution in [0.5, 0.6) is 0 Å². The number of benzene rings is 2. The van der Waals surface area contributed by atoms with E-state index in [4.69, 9.17) is 0 Å². The van der Waals surface area contributed by atoms with E-state index in [1.54, 1.807) is 0 Å². The first kappa shape index (κ1) is 23.1. The molecular weight excluding hydrogens is 455 g/mol. The van der Waals surface area contributed by atoms with Crippen LogP contribution in [-0.2, 0) is 22.3 Å². The normalized spacial score (nSPS) is 18.4. The molecule has 2 N–H and O–H groups in total. The van der Waals surface area contributed by atoms with Crippen LogP contribution < -0.4 is 10.6 Å².